The van der Waals surface area contributed by atoms with E-state index in [0.717, 1.165) is 13.1 Å². The van der Waals surface area contributed by atoms with E-state index in [1.54, 1.807) is 0 Å². The molecule has 1 N–H and O–H groups in total. The molecule has 2 nitrogen and oxygen atoms in total. The van der Waals surface area contributed by atoms with Crippen LogP contribution in [-0.4, -0.2) is 25.3 Å². The van der Waals surface area contributed by atoms with Crippen molar-refractivity contribution in [3.05, 3.63) is 0 Å². The molecular formula is C10H17NO. The Kier molecular flexibility index (Phi) is 4.13. The number of rotatable bonds is 3. The van der Waals surface area contributed by atoms with E-state index in [9.17, 15) is 0 Å². The Bertz CT molecular complexity index is 180. The van der Waals surface area contributed by atoms with Crippen LogP contribution in [0.25, 0.3) is 0 Å². The average molecular weight is 167 g/mol. The maximum absolute atomic E-state index is 5.63. The molecule has 0 saturated carbocycles. The molecule has 2 atom stereocenters. The van der Waals surface area contributed by atoms with Gasteiger partial charge in [0.1, 0.15) is 0 Å². The van der Waals surface area contributed by atoms with Crippen LogP contribution in [-0.2, 0) is 4.74 Å². The molecular weight excluding hydrogens is 150 g/mol. The predicted octanol–water partition coefficient (Wildman–Crippen LogP) is 1.17. The van der Waals surface area contributed by atoms with Gasteiger partial charge in [-0.1, -0.05) is 5.92 Å². The van der Waals surface area contributed by atoms with Gasteiger partial charge in [-0.25, -0.2) is 0 Å². The summed E-state index contributed by atoms with van der Waals surface area (Å²) in [5.41, 5.74) is 0. The van der Waals surface area contributed by atoms with Crippen molar-refractivity contribution in [2.45, 2.75) is 38.9 Å². The molecule has 2 unspecified atom stereocenters. The highest BCUT2D eigenvalue weighted by atomic mass is 16.5. The SMILES string of the molecule is CC#CCNCC1CCC(C)O1. The van der Waals surface area contributed by atoms with Crippen molar-refractivity contribution in [2.24, 2.45) is 0 Å². The van der Waals surface area contributed by atoms with E-state index < -0.39 is 0 Å². The summed E-state index contributed by atoms with van der Waals surface area (Å²) in [7, 11) is 0. The highest BCUT2D eigenvalue weighted by Gasteiger charge is 2.20. The van der Waals surface area contributed by atoms with Crippen molar-refractivity contribution in [3.8, 4) is 11.8 Å². The third-order valence-electron chi connectivity index (χ3n) is 2.08. The topological polar surface area (TPSA) is 21.3 Å². The first-order valence-corrected chi connectivity index (χ1v) is 4.58. The molecule has 1 heterocycles. The van der Waals surface area contributed by atoms with Crippen LogP contribution in [0.5, 0.6) is 0 Å². The molecule has 2 heteroatoms. The van der Waals surface area contributed by atoms with Crippen molar-refractivity contribution >= 4 is 0 Å². The summed E-state index contributed by atoms with van der Waals surface area (Å²) in [6, 6.07) is 0. The molecule has 12 heavy (non-hydrogen) atoms. The lowest BCUT2D eigenvalue weighted by molar-refractivity contribution is 0.0567. The Hall–Kier alpha value is -0.520. The van der Waals surface area contributed by atoms with Gasteiger partial charge in [-0.05, 0) is 26.7 Å². The third-order valence-corrected chi connectivity index (χ3v) is 2.08. The van der Waals surface area contributed by atoms with Gasteiger partial charge in [-0.15, -0.1) is 5.92 Å². The fourth-order valence-corrected chi connectivity index (χ4v) is 1.42. The third kappa shape index (κ3) is 3.25. The standard InChI is InChI=1S/C10H17NO/c1-3-4-7-11-8-10-6-5-9(2)12-10/h9-11H,5-8H2,1-2H3. The van der Waals surface area contributed by atoms with E-state index >= 15 is 0 Å². The van der Waals surface area contributed by atoms with E-state index in [-0.39, 0.29) is 0 Å². The van der Waals surface area contributed by atoms with Gasteiger partial charge in [0.2, 0.25) is 0 Å². The largest absolute Gasteiger partial charge is 0.374 e. The molecule has 1 aliphatic rings. The first kappa shape index (κ1) is 9.57. The smallest absolute Gasteiger partial charge is 0.0704 e. The fraction of sp³-hybridized carbons (Fsp3) is 0.800. The van der Waals surface area contributed by atoms with Gasteiger partial charge in [0.25, 0.3) is 0 Å². The van der Waals surface area contributed by atoms with E-state index in [1.165, 1.54) is 12.8 Å². The lowest BCUT2D eigenvalue weighted by Crippen LogP contribution is -2.27. The molecule has 0 aromatic heterocycles. The van der Waals surface area contributed by atoms with E-state index in [0.29, 0.717) is 12.2 Å². The number of hydrogen-bond donors (Lipinski definition) is 1. The Labute approximate surface area is 74.7 Å². The summed E-state index contributed by atoms with van der Waals surface area (Å²) < 4.78 is 5.63. The summed E-state index contributed by atoms with van der Waals surface area (Å²) in [5, 5.41) is 3.25. The van der Waals surface area contributed by atoms with Gasteiger partial charge < -0.3 is 10.1 Å². The zero-order valence-corrected chi connectivity index (χ0v) is 7.89. The molecule has 0 radical (unpaired) electrons. The van der Waals surface area contributed by atoms with Gasteiger partial charge in [0.15, 0.2) is 0 Å². The van der Waals surface area contributed by atoms with E-state index in [4.69, 9.17) is 4.74 Å². The van der Waals surface area contributed by atoms with Crippen LogP contribution >= 0.6 is 0 Å². The average Bonchev–Trinajstić information content (AvgIpc) is 2.45. The van der Waals surface area contributed by atoms with Gasteiger partial charge in [0.05, 0.1) is 18.8 Å². The first-order valence-electron chi connectivity index (χ1n) is 4.58. The molecule has 68 valence electrons. The molecule has 1 saturated heterocycles. The molecule has 0 aliphatic carbocycles. The van der Waals surface area contributed by atoms with Gasteiger partial charge in [-0.2, -0.15) is 0 Å². The Morgan fingerprint density at radius 1 is 1.50 bits per heavy atom. The highest BCUT2D eigenvalue weighted by Crippen LogP contribution is 2.17. The molecule has 0 aromatic carbocycles. The number of nitrogens with one attached hydrogen (secondary N) is 1. The summed E-state index contributed by atoms with van der Waals surface area (Å²) in [4.78, 5) is 0. The van der Waals surface area contributed by atoms with Crippen molar-refractivity contribution in [3.63, 3.8) is 0 Å². The lowest BCUT2D eigenvalue weighted by Gasteiger charge is -2.10. The van der Waals surface area contributed by atoms with Crippen LogP contribution in [0.15, 0.2) is 0 Å². The fourth-order valence-electron chi connectivity index (χ4n) is 1.42. The van der Waals surface area contributed by atoms with Gasteiger partial charge in [-0.3, -0.25) is 0 Å². The minimum atomic E-state index is 0.415. The number of ether oxygens (including phenoxy) is 1. The Morgan fingerprint density at radius 2 is 2.33 bits per heavy atom. The number of hydrogen-bond acceptors (Lipinski definition) is 2. The second-order valence-electron chi connectivity index (χ2n) is 3.20. The summed E-state index contributed by atoms with van der Waals surface area (Å²) in [5.74, 6) is 5.82. The second kappa shape index (κ2) is 5.18. The minimum absolute atomic E-state index is 0.415. The van der Waals surface area contributed by atoms with Crippen molar-refractivity contribution < 1.29 is 4.74 Å². The predicted molar refractivity (Wildman–Crippen MR) is 49.9 cm³/mol. The maximum Gasteiger partial charge on any atom is 0.0704 e. The van der Waals surface area contributed by atoms with Gasteiger partial charge >= 0.3 is 0 Å². The van der Waals surface area contributed by atoms with Crippen LogP contribution in [0.2, 0.25) is 0 Å². The minimum Gasteiger partial charge on any atom is -0.374 e. The molecule has 1 aliphatic heterocycles. The van der Waals surface area contributed by atoms with Crippen molar-refractivity contribution in [1.82, 2.24) is 5.32 Å². The maximum atomic E-state index is 5.63. The first-order chi connectivity index (χ1) is 5.83. The summed E-state index contributed by atoms with van der Waals surface area (Å²) >= 11 is 0. The summed E-state index contributed by atoms with van der Waals surface area (Å²) in [6.07, 6.45) is 3.26. The van der Waals surface area contributed by atoms with E-state index in [1.807, 2.05) is 6.92 Å². The molecule has 0 spiro atoms. The van der Waals surface area contributed by atoms with Crippen molar-refractivity contribution in [1.29, 1.82) is 0 Å². The highest BCUT2D eigenvalue weighted by molar-refractivity contribution is 4.97. The monoisotopic (exact) mass is 167 g/mol. The molecule has 0 amide bonds. The van der Waals surface area contributed by atoms with Gasteiger partial charge in [0, 0.05) is 6.54 Å². The van der Waals surface area contributed by atoms with Crippen molar-refractivity contribution in [2.75, 3.05) is 13.1 Å². The summed E-state index contributed by atoms with van der Waals surface area (Å²) in [6.45, 7) is 5.71. The van der Waals surface area contributed by atoms with Crippen LogP contribution in [0.1, 0.15) is 26.7 Å². The van der Waals surface area contributed by atoms with Crippen LogP contribution in [0, 0.1) is 11.8 Å². The molecule has 0 bridgehead atoms. The Morgan fingerprint density at radius 3 is 2.92 bits per heavy atom. The Balaban J connectivity index is 2.03. The normalized spacial score (nSPS) is 28.2. The zero-order valence-electron chi connectivity index (χ0n) is 7.89. The van der Waals surface area contributed by atoms with E-state index in [2.05, 4.69) is 24.1 Å². The molecule has 1 rings (SSSR count). The van der Waals surface area contributed by atoms with Crippen LogP contribution in [0.3, 0.4) is 0 Å². The van der Waals surface area contributed by atoms with Crippen LogP contribution in [0.4, 0.5) is 0 Å². The quantitative estimate of drug-likeness (QED) is 0.503. The zero-order chi connectivity index (χ0) is 8.81. The second-order valence-corrected chi connectivity index (χ2v) is 3.20. The lowest BCUT2D eigenvalue weighted by atomic mass is 10.2. The van der Waals surface area contributed by atoms with Crippen LogP contribution < -0.4 is 5.32 Å². The molecule has 1 fully saturated rings. The molecule has 0 aromatic rings.